The Bertz CT molecular complexity index is 922. The van der Waals surface area contributed by atoms with Crippen molar-refractivity contribution in [2.75, 3.05) is 10.6 Å². The van der Waals surface area contributed by atoms with Crippen LogP contribution in [0.2, 0.25) is 0 Å². The molecule has 5 heteroatoms. The van der Waals surface area contributed by atoms with Crippen LogP contribution in [0.4, 0.5) is 17.5 Å². The number of hydrogen-bond donors (Lipinski definition) is 2. The van der Waals surface area contributed by atoms with E-state index in [2.05, 4.69) is 78.4 Å². The fourth-order valence-electron chi connectivity index (χ4n) is 3.09. The maximum atomic E-state index is 4.67. The van der Waals surface area contributed by atoms with Crippen LogP contribution < -0.4 is 10.6 Å². The molecule has 1 aromatic carbocycles. The molecule has 0 fully saturated rings. The van der Waals surface area contributed by atoms with Crippen LogP contribution in [0.5, 0.6) is 0 Å². The third-order valence-corrected chi connectivity index (χ3v) is 4.81. The van der Waals surface area contributed by atoms with E-state index in [1.165, 1.54) is 11.1 Å². The molecule has 2 N–H and O–H groups in total. The summed E-state index contributed by atoms with van der Waals surface area (Å²) in [6.07, 6.45) is 2.77. The Morgan fingerprint density at radius 2 is 1.79 bits per heavy atom. The lowest BCUT2D eigenvalue weighted by molar-refractivity contribution is 0.753. The first-order valence-electron chi connectivity index (χ1n) is 9.91. The molecule has 3 aromatic rings. The number of aromatic nitrogens is 3. The topological polar surface area (TPSA) is 62.7 Å². The summed E-state index contributed by atoms with van der Waals surface area (Å²) in [5, 5.41) is 6.81. The second kappa shape index (κ2) is 8.83. The van der Waals surface area contributed by atoms with Gasteiger partial charge in [0.05, 0.1) is 11.4 Å². The van der Waals surface area contributed by atoms with Crippen molar-refractivity contribution in [1.82, 2.24) is 15.0 Å². The van der Waals surface area contributed by atoms with E-state index in [-0.39, 0.29) is 0 Å². The predicted molar refractivity (Wildman–Crippen MR) is 117 cm³/mol. The minimum atomic E-state index is 0.291. The molecule has 0 spiro atoms. The molecule has 0 aliphatic heterocycles. The molecule has 0 aliphatic carbocycles. The van der Waals surface area contributed by atoms with Gasteiger partial charge >= 0.3 is 0 Å². The van der Waals surface area contributed by atoms with E-state index >= 15 is 0 Å². The van der Waals surface area contributed by atoms with Gasteiger partial charge in [-0.25, -0.2) is 4.98 Å². The zero-order valence-electron chi connectivity index (χ0n) is 17.3. The van der Waals surface area contributed by atoms with Gasteiger partial charge in [-0.15, -0.1) is 0 Å². The number of benzene rings is 1. The molecule has 2 aromatic heterocycles. The van der Waals surface area contributed by atoms with Gasteiger partial charge in [-0.2, -0.15) is 4.98 Å². The first-order chi connectivity index (χ1) is 13.5. The van der Waals surface area contributed by atoms with Gasteiger partial charge in [0.2, 0.25) is 5.95 Å². The van der Waals surface area contributed by atoms with Gasteiger partial charge in [0, 0.05) is 24.0 Å². The quantitative estimate of drug-likeness (QED) is 0.536. The smallest absolute Gasteiger partial charge is 0.225 e. The summed E-state index contributed by atoms with van der Waals surface area (Å²) in [6.45, 7) is 10.8. The molecular weight excluding hydrogens is 346 g/mol. The first kappa shape index (κ1) is 19.8. The van der Waals surface area contributed by atoms with E-state index in [4.69, 9.17) is 0 Å². The van der Waals surface area contributed by atoms with Crippen molar-refractivity contribution in [3.05, 3.63) is 59.8 Å². The number of anilines is 3. The highest BCUT2D eigenvalue weighted by Crippen LogP contribution is 2.26. The van der Waals surface area contributed by atoms with Crippen LogP contribution in [0.25, 0.3) is 11.4 Å². The molecule has 2 heterocycles. The third kappa shape index (κ3) is 4.85. The molecular formula is C23H29N5. The molecule has 0 saturated carbocycles. The van der Waals surface area contributed by atoms with E-state index in [1.807, 2.05) is 24.3 Å². The second-order valence-electron chi connectivity index (χ2n) is 7.48. The van der Waals surface area contributed by atoms with Crippen molar-refractivity contribution >= 4 is 17.5 Å². The van der Waals surface area contributed by atoms with Crippen LogP contribution in [0, 0.1) is 6.92 Å². The van der Waals surface area contributed by atoms with Gasteiger partial charge in [0.25, 0.3) is 0 Å². The van der Waals surface area contributed by atoms with Gasteiger partial charge in [-0.05, 0) is 61.6 Å². The van der Waals surface area contributed by atoms with Crippen LogP contribution in [0.1, 0.15) is 51.2 Å². The standard InChI is InChI=1S/C23H29N5/c1-6-17(5)25-23-27-21(20-9-7-8-12-24-20)14-22(28-23)26-18-10-11-19(15(2)3)16(4)13-18/h7-15,17H,6H2,1-5H3,(H2,25,26,27,28)/t17-/m1/s1. The number of aryl methyl sites for hydroxylation is 1. The van der Waals surface area contributed by atoms with Crippen molar-refractivity contribution in [3.8, 4) is 11.4 Å². The maximum Gasteiger partial charge on any atom is 0.225 e. The maximum absolute atomic E-state index is 4.67. The molecule has 0 unspecified atom stereocenters. The van der Waals surface area contributed by atoms with Crippen molar-refractivity contribution in [3.63, 3.8) is 0 Å². The van der Waals surface area contributed by atoms with E-state index < -0.39 is 0 Å². The lowest BCUT2D eigenvalue weighted by Gasteiger charge is -2.15. The minimum absolute atomic E-state index is 0.291. The summed E-state index contributed by atoms with van der Waals surface area (Å²) in [5.74, 6) is 1.86. The molecule has 3 rings (SSSR count). The van der Waals surface area contributed by atoms with Crippen LogP contribution >= 0.6 is 0 Å². The average Bonchev–Trinajstić information content (AvgIpc) is 2.68. The number of pyridine rings is 1. The van der Waals surface area contributed by atoms with Crippen LogP contribution in [-0.2, 0) is 0 Å². The van der Waals surface area contributed by atoms with Crippen LogP contribution in [-0.4, -0.2) is 21.0 Å². The highest BCUT2D eigenvalue weighted by molar-refractivity contribution is 5.66. The molecule has 28 heavy (non-hydrogen) atoms. The highest BCUT2D eigenvalue weighted by Gasteiger charge is 2.11. The molecule has 0 saturated heterocycles. The van der Waals surface area contributed by atoms with E-state index in [9.17, 15) is 0 Å². The van der Waals surface area contributed by atoms with Gasteiger partial charge in [-0.3, -0.25) is 4.98 Å². The molecule has 146 valence electrons. The Morgan fingerprint density at radius 3 is 2.43 bits per heavy atom. The number of nitrogens with zero attached hydrogens (tertiary/aromatic N) is 3. The number of hydrogen-bond acceptors (Lipinski definition) is 5. The lowest BCUT2D eigenvalue weighted by Crippen LogP contribution is -2.16. The van der Waals surface area contributed by atoms with Crippen LogP contribution in [0.15, 0.2) is 48.7 Å². The van der Waals surface area contributed by atoms with Gasteiger partial charge in [0.1, 0.15) is 5.82 Å². The molecule has 5 nitrogen and oxygen atoms in total. The van der Waals surface area contributed by atoms with Gasteiger partial charge < -0.3 is 10.6 Å². The largest absolute Gasteiger partial charge is 0.352 e. The molecule has 0 aliphatic rings. The highest BCUT2D eigenvalue weighted by atomic mass is 15.2. The summed E-state index contributed by atoms with van der Waals surface area (Å²) in [7, 11) is 0. The molecule has 0 radical (unpaired) electrons. The minimum Gasteiger partial charge on any atom is -0.352 e. The summed E-state index contributed by atoms with van der Waals surface area (Å²) < 4.78 is 0. The molecule has 0 bridgehead atoms. The van der Waals surface area contributed by atoms with E-state index in [0.717, 1.165) is 29.3 Å². The van der Waals surface area contributed by atoms with Crippen molar-refractivity contribution in [2.24, 2.45) is 0 Å². The normalized spacial score (nSPS) is 12.1. The third-order valence-electron chi connectivity index (χ3n) is 4.81. The zero-order valence-corrected chi connectivity index (χ0v) is 17.3. The van der Waals surface area contributed by atoms with Gasteiger partial charge in [0.15, 0.2) is 0 Å². The molecule has 0 amide bonds. The summed E-state index contributed by atoms with van der Waals surface area (Å²) in [4.78, 5) is 13.8. The van der Waals surface area contributed by atoms with Crippen molar-refractivity contribution in [1.29, 1.82) is 0 Å². The van der Waals surface area contributed by atoms with E-state index in [1.54, 1.807) is 6.20 Å². The molecule has 1 atom stereocenters. The second-order valence-corrected chi connectivity index (χ2v) is 7.48. The lowest BCUT2D eigenvalue weighted by atomic mass is 9.98. The summed E-state index contributed by atoms with van der Waals surface area (Å²) in [6, 6.07) is 14.5. The van der Waals surface area contributed by atoms with Crippen molar-refractivity contribution in [2.45, 2.75) is 53.0 Å². The summed E-state index contributed by atoms with van der Waals surface area (Å²) >= 11 is 0. The van der Waals surface area contributed by atoms with E-state index in [0.29, 0.717) is 17.9 Å². The Hall–Kier alpha value is -2.95. The number of rotatable bonds is 7. The van der Waals surface area contributed by atoms with Crippen LogP contribution in [0.3, 0.4) is 0 Å². The Morgan fingerprint density at radius 1 is 0.964 bits per heavy atom. The number of nitrogens with one attached hydrogen (secondary N) is 2. The fraction of sp³-hybridized carbons (Fsp3) is 0.348. The SMILES string of the molecule is CC[C@@H](C)Nc1nc(Nc2ccc(C(C)C)c(C)c2)cc(-c2ccccn2)n1. The zero-order chi connectivity index (χ0) is 20.1. The fourth-order valence-corrected chi connectivity index (χ4v) is 3.09. The Kier molecular flexibility index (Phi) is 6.24. The summed E-state index contributed by atoms with van der Waals surface area (Å²) in [5.41, 5.74) is 5.27. The monoisotopic (exact) mass is 375 g/mol. The average molecular weight is 376 g/mol. The first-order valence-corrected chi connectivity index (χ1v) is 9.91. The van der Waals surface area contributed by atoms with Crippen molar-refractivity contribution < 1.29 is 0 Å². The Balaban J connectivity index is 1.95. The van der Waals surface area contributed by atoms with Gasteiger partial charge in [-0.1, -0.05) is 32.9 Å². The predicted octanol–water partition coefficient (Wildman–Crippen LogP) is 5.92. The Labute approximate surface area is 167 Å².